The Kier molecular flexibility index (Phi) is 6.05. The zero-order valence-corrected chi connectivity index (χ0v) is 17.0. The normalized spacial score (nSPS) is 11.7. The fourth-order valence-electron chi connectivity index (χ4n) is 3.39. The molecule has 34 heavy (non-hydrogen) atoms. The molecular weight excluding hydrogens is 466 g/mol. The second-order valence-electron chi connectivity index (χ2n) is 7.29. The number of hydrogen-bond acceptors (Lipinski definition) is 4. The summed E-state index contributed by atoms with van der Waals surface area (Å²) in [7, 11) is 0. The van der Waals surface area contributed by atoms with E-state index in [0.29, 0.717) is 12.1 Å². The molecule has 0 unspecified atom stereocenters. The maximum atomic E-state index is 14.1. The van der Waals surface area contributed by atoms with Crippen LogP contribution in [0.4, 0.5) is 26.3 Å². The predicted octanol–water partition coefficient (Wildman–Crippen LogP) is 5.17. The van der Waals surface area contributed by atoms with Crippen molar-refractivity contribution >= 4 is 10.9 Å². The molecule has 0 spiro atoms. The molecular formula is C23H14F6N2O3. The number of nitrogens with zero attached hydrogens (tertiary/aromatic N) is 2. The lowest BCUT2D eigenvalue weighted by Crippen LogP contribution is -2.14. The highest BCUT2D eigenvalue weighted by Gasteiger charge is 2.35. The molecule has 0 amide bonds. The first-order valence-electron chi connectivity index (χ1n) is 9.68. The van der Waals surface area contributed by atoms with Gasteiger partial charge in [0, 0.05) is 17.7 Å². The molecule has 1 aromatic heterocycles. The molecule has 1 N–H and O–H groups in total. The standard InChI is InChI=1S/C23H14F6N2O3/c24-13-6-18(25)16(19(26)7-13)9-31-11-30-22(33)15-8-14(2-3-20(15)31)34-21-4-1-12(10-32)5-17(21)23(27,28)29/h1-8,11,32H,9-10H2. The molecule has 1 heterocycles. The Morgan fingerprint density at radius 1 is 0.971 bits per heavy atom. The summed E-state index contributed by atoms with van der Waals surface area (Å²) in [4.78, 5) is 15.9. The van der Waals surface area contributed by atoms with E-state index in [-0.39, 0.29) is 22.2 Å². The molecule has 0 bridgehead atoms. The van der Waals surface area contributed by atoms with E-state index >= 15 is 0 Å². The number of aromatic nitrogens is 2. The van der Waals surface area contributed by atoms with Crippen LogP contribution in [0.15, 0.2) is 59.7 Å². The molecule has 0 aliphatic carbocycles. The van der Waals surface area contributed by atoms with Crippen molar-refractivity contribution in [1.82, 2.24) is 9.55 Å². The van der Waals surface area contributed by atoms with Crippen molar-refractivity contribution < 1.29 is 36.2 Å². The minimum atomic E-state index is -4.77. The summed E-state index contributed by atoms with van der Waals surface area (Å²) < 4.78 is 88.2. The lowest BCUT2D eigenvalue weighted by molar-refractivity contribution is -0.138. The Bertz CT molecular complexity index is 1430. The van der Waals surface area contributed by atoms with Crippen molar-refractivity contribution in [3.63, 3.8) is 0 Å². The van der Waals surface area contributed by atoms with Gasteiger partial charge in [-0.25, -0.2) is 13.2 Å². The van der Waals surface area contributed by atoms with Crippen LogP contribution in [-0.4, -0.2) is 14.7 Å². The van der Waals surface area contributed by atoms with Crippen molar-refractivity contribution in [2.75, 3.05) is 0 Å². The summed E-state index contributed by atoms with van der Waals surface area (Å²) in [5, 5.41) is 9.04. The van der Waals surface area contributed by atoms with Crippen LogP contribution >= 0.6 is 0 Å². The Hall–Kier alpha value is -3.86. The van der Waals surface area contributed by atoms with Gasteiger partial charge in [-0.2, -0.15) is 18.2 Å². The lowest BCUT2D eigenvalue weighted by Gasteiger charge is -2.16. The van der Waals surface area contributed by atoms with Crippen molar-refractivity contribution in [2.45, 2.75) is 19.3 Å². The van der Waals surface area contributed by atoms with Gasteiger partial charge in [-0.05, 0) is 35.9 Å². The van der Waals surface area contributed by atoms with Crippen molar-refractivity contribution in [2.24, 2.45) is 0 Å². The van der Waals surface area contributed by atoms with E-state index < -0.39 is 59.2 Å². The smallest absolute Gasteiger partial charge is 0.419 e. The summed E-state index contributed by atoms with van der Waals surface area (Å²) in [6.07, 6.45) is -3.72. The third kappa shape index (κ3) is 4.60. The fraction of sp³-hybridized carbons (Fsp3) is 0.130. The highest BCUT2D eigenvalue weighted by molar-refractivity contribution is 5.79. The topological polar surface area (TPSA) is 64.4 Å². The third-order valence-corrected chi connectivity index (χ3v) is 5.02. The van der Waals surface area contributed by atoms with Gasteiger partial charge in [0.25, 0.3) is 5.56 Å². The lowest BCUT2D eigenvalue weighted by atomic mass is 10.1. The zero-order chi connectivity index (χ0) is 24.6. The van der Waals surface area contributed by atoms with Gasteiger partial charge in [0.1, 0.15) is 29.0 Å². The summed E-state index contributed by atoms with van der Waals surface area (Å²) in [5.41, 5.74) is -2.13. The van der Waals surface area contributed by atoms with E-state index in [0.717, 1.165) is 24.5 Å². The first-order chi connectivity index (χ1) is 16.1. The van der Waals surface area contributed by atoms with Gasteiger partial charge >= 0.3 is 6.18 Å². The van der Waals surface area contributed by atoms with Crippen LogP contribution in [0.5, 0.6) is 11.5 Å². The first-order valence-corrected chi connectivity index (χ1v) is 9.68. The molecule has 4 rings (SSSR count). The van der Waals surface area contributed by atoms with Crippen LogP contribution in [0, 0.1) is 17.5 Å². The van der Waals surface area contributed by atoms with E-state index in [2.05, 4.69) is 4.98 Å². The minimum absolute atomic E-state index is 0.0329. The van der Waals surface area contributed by atoms with Crippen LogP contribution in [-0.2, 0) is 19.3 Å². The maximum Gasteiger partial charge on any atom is 0.419 e. The Morgan fingerprint density at radius 2 is 1.68 bits per heavy atom. The van der Waals surface area contributed by atoms with Gasteiger partial charge in [-0.15, -0.1) is 0 Å². The molecule has 0 saturated heterocycles. The van der Waals surface area contributed by atoms with Crippen LogP contribution in [0.3, 0.4) is 0 Å². The maximum absolute atomic E-state index is 14.1. The van der Waals surface area contributed by atoms with Crippen LogP contribution in [0.2, 0.25) is 0 Å². The fourth-order valence-corrected chi connectivity index (χ4v) is 3.39. The summed E-state index contributed by atoms with van der Waals surface area (Å²) in [6.45, 7) is -1.03. The Morgan fingerprint density at radius 3 is 2.32 bits per heavy atom. The molecule has 0 aliphatic heterocycles. The average molecular weight is 480 g/mol. The van der Waals surface area contributed by atoms with Gasteiger partial charge in [-0.1, -0.05) is 6.07 Å². The van der Waals surface area contributed by atoms with E-state index in [1.54, 1.807) is 0 Å². The zero-order valence-electron chi connectivity index (χ0n) is 17.0. The molecule has 5 nitrogen and oxygen atoms in total. The Labute approximate surface area is 187 Å². The highest BCUT2D eigenvalue weighted by atomic mass is 19.4. The summed E-state index contributed by atoms with van der Waals surface area (Å²) >= 11 is 0. The molecule has 3 aromatic carbocycles. The number of ether oxygens (including phenoxy) is 1. The minimum Gasteiger partial charge on any atom is -0.457 e. The quantitative estimate of drug-likeness (QED) is 0.401. The van der Waals surface area contributed by atoms with Gasteiger partial charge in [0.05, 0.1) is 35.9 Å². The number of aliphatic hydroxyl groups is 1. The molecule has 0 radical (unpaired) electrons. The number of halogens is 6. The number of rotatable bonds is 5. The van der Waals surface area contributed by atoms with E-state index in [4.69, 9.17) is 9.84 Å². The Balaban J connectivity index is 1.74. The van der Waals surface area contributed by atoms with Gasteiger partial charge in [0.2, 0.25) is 0 Å². The van der Waals surface area contributed by atoms with Crippen molar-refractivity contribution in [1.29, 1.82) is 0 Å². The monoisotopic (exact) mass is 480 g/mol. The van der Waals surface area contributed by atoms with Crippen molar-refractivity contribution in [3.05, 3.63) is 99.4 Å². The summed E-state index contributed by atoms with van der Waals surface area (Å²) in [6, 6.07) is 7.82. The second kappa shape index (κ2) is 8.82. The summed E-state index contributed by atoms with van der Waals surface area (Å²) in [5.74, 6) is -4.02. The van der Waals surface area contributed by atoms with Crippen LogP contribution in [0.1, 0.15) is 16.7 Å². The number of hydrogen-bond donors (Lipinski definition) is 1. The highest BCUT2D eigenvalue weighted by Crippen LogP contribution is 2.39. The molecule has 176 valence electrons. The van der Waals surface area contributed by atoms with Crippen molar-refractivity contribution in [3.8, 4) is 11.5 Å². The number of fused-ring (bicyclic) bond motifs is 1. The second-order valence-corrected chi connectivity index (χ2v) is 7.29. The van der Waals surface area contributed by atoms with Gasteiger partial charge in [-0.3, -0.25) is 4.79 Å². The van der Waals surface area contributed by atoms with Gasteiger partial charge < -0.3 is 14.4 Å². The van der Waals surface area contributed by atoms with E-state index in [1.807, 2.05) is 0 Å². The molecule has 4 aromatic rings. The molecule has 0 saturated carbocycles. The first kappa shape index (κ1) is 23.3. The third-order valence-electron chi connectivity index (χ3n) is 5.02. The molecule has 0 aliphatic rings. The van der Waals surface area contributed by atoms with Crippen LogP contribution in [0.25, 0.3) is 10.9 Å². The SMILES string of the molecule is O=c1ncn(Cc2c(F)cc(F)cc2F)c2ccc(Oc3ccc(CO)cc3C(F)(F)F)cc12. The number of aliphatic hydroxyl groups excluding tert-OH is 1. The molecule has 0 fully saturated rings. The largest absolute Gasteiger partial charge is 0.457 e. The van der Waals surface area contributed by atoms with E-state index in [1.165, 1.54) is 22.8 Å². The average Bonchev–Trinajstić information content (AvgIpc) is 2.77. The molecule has 0 atom stereocenters. The number of benzene rings is 3. The number of alkyl halides is 3. The van der Waals surface area contributed by atoms with Gasteiger partial charge in [0.15, 0.2) is 0 Å². The van der Waals surface area contributed by atoms with E-state index in [9.17, 15) is 31.1 Å². The predicted molar refractivity (Wildman–Crippen MR) is 109 cm³/mol. The molecule has 11 heteroatoms. The van der Waals surface area contributed by atoms with Crippen LogP contribution < -0.4 is 10.3 Å².